The average molecular weight is 645 g/mol. The van der Waals surface area contributed by atoms with Crippen molar-refractivity contribution in [3.63, 3.8) is 0 Å². The minimum absolute atomic E-state index is 0.130. The van der Waals surface area contributed by atoms with E-state index in [-0.39, 0.29) is 11.1 Å². The van der Waals surface area contributed by atoms with Crippen LogP contribution in [-0.4, -0.2) is 35.7 Å². The van der Waals surface area contributed by atoms with Crippen LogP contribution in [0.25, 0.3) is 12.2 Å². The lowest BCUT2D eigenvalue weighted by Crippen LogP contribution is -2.51. The van der Waals surface area contributed by atoms with Gasteiger partial charge in [-0.3, -0.25) is 40.4 Å². The van der Waals surface area contributed by atoms with Gasteiger partial charge in [0.15, 0.2) is 0 Å². The van der Waals surface area contributed by atoms with Crippen LogP contribution in [0.2, 0.25) is 0 Å². The first-order valence-electron chi connectivity index (χ1n) is 14.5. The Labute approximate surface area is 274 Å². The van der Waals surface area contributed by atoms with Crippen LogP contribution in [0.3, 0.4) is 0 Å². The monoisotopic (exact) mass is 644 g/mol. The lowest BCUT2D eigenvalue weighted by molar-refractivity contribution is -0.125. The van der Waals surface area contributed by atoms with Crippen molar-refractivity contribution in [2.75, 3.05) is 0 Å². The van der Waals surface area contributed by atoms with Crippen molar-refractivity contribution in [1.29, 1.82) is 0 Å². The number of rotatable bonds is 8. The van der Waals surface area contributed by atoms with Gasteiger partial charge in [-0.25, -0.2) is 9.59 Å². The number of hydrogen-bond acceptors (Lipinski definition) is 8. The summed E-state index contributed by atoms with van der Waals surface area (Å²) in [5.74, 6) is -1.67. The number of carbonyl (C=O) groups excluding carboxylic acids is 6. The second kappa shape index (κ2) is 15.5. The van der Waals surface area contributed by atoms with Gasteiger partial charge in [-0.1, -0.05) is 84.9 Å². The van der Waals surface area contributed by atoms with E-state index in [1.807, 2.05) is 81.9 Å². The number of nitrogens with one attached hydrogen (secondary N) is 4. The summed E-state index contributed by atoms with van der Waals surface area (Å²) in [6, 6.07) is 31.8. The number of carbonyl (C=O) groups is 6. The molecule has 2 fully saturated rings. The molecule has 0 saturated carbocycles. The molecule has 12 heteroatoms. The third-order valence-electron chi connectivity index (χ3n) is 6.72. The van der Waals surface area contributed by atoms with Gasteiger partial charge in [0, 0.05) is 0 Å². The molecule has 0 spiro atoms. The topological polar surface area (TPSA) is 169 Å². The molecule has 48 heavy (non-hydrogen) atoms. The predicted molar refractivity (Wildman–Crippen MR) is 174 cm³/mol. The van der Waals surface area contributed by atoms with Crippen molar-refractivity contribution in [1.82, 2.24) is 21.3 Å². The minimum atomic E-state index is -0.818. The Balaban J connectivity index is 0.000000188. The molecule has 0 aromatic heterocycles. The highest BCUT2D eigenvalue weighted by atomic mass is 16.5. The van der Waals surface area contributed by atoms with Crippen LogP contribution < -0.4 is 30.7 Å². The van der Waals surface area contributed by atoms with E-state index in [2.05, 4.69) is 0 Å². The van der Waals surface area contributed by atoms with Gasteiger partial charge in [-0.05, 0) is 58.7 Å². The summed E-state index contributed by atoms with van der Waals surface area (Å²) in [6.07, 6.45) is 2.82. The maximum absolute atomic E-state index is 11.7. The zero-order chi connectivity index (χ0) is 33.9. The Bertz CT molecular complexity index is 1750. The van der Waals surface area contributed by atoms with Crippen molar-refractivity contribution >= 4 is 47.8 Å². The SMILES string of the molecule is O=C1NC(=O)C(=Cc2cccc(OCc3ccccc3)c2)C(=O)N1.O=C1NC(=O)C(=Cc2cccc(OCc3ccccc3)c2)C(=O)N1. The molecular weight excluding hydrogens is 616 g/mol. The fourth-order valence-corrected chi connectivity index (χ4v) is 4.42. The third kappa shape index (κ3) is 9.11. The summed E-state index contributed by atoms with van der Waals surface area (Å²) in [4.78, 5) is 69.0. The molecule has 0 aliphatic carbocycles. The molecule has 0 unspecified atom stereocenters. The van der Waals surface area contributed by atoms with Gasteiger partial charge in [0.1, 0.15) is 35.9 Å². The van der Waals surface area contributed by atoms with E-state index >= 15 is 0 Å². The Morgan fingerprint density at radius 2 is 0.792 bits per heavy atom. The molecule has 2 heterocycles. The minimum Gasteiger partial charge on any atom is -0.489 e. The van der Waals surface area contributed by atoms with Gasteiger partial charge in [0.05, 0.1) is 0 Å². The first-order chi connectivity index (χ1) is 23.2. The Morgan fingerprint density at radius 3 is 1.15 bits per heavy atom. The molecule has 12 nitrogen and oxygen atoms in total. The summed E-state index contributed by atoms with van der Waals surface area (Å²) in [5.41, 5.74) is 3.05. The number of imide groups is 4. The van der Waals surface area contributed by atoms with Gasteiger partial charge in [0.2, 0.25) is 0 Å². The normalized spacial score (nSPS) is 14.0. The van der Waals surface area contributed by atoms with E-state index in [0.29, 0.717) is 35.8 Å². The van der Waals surface area contributed by atoms with E-state index in [4.69, 9.17) is 9.47 Å². The van der Waals surface area contributed by atoms with Gasteiger partial charge < -0.3 is 9.47 Å². The smallest absolute Gasteiger partial charge is 0.328 e. The highest BCUT2D eigenvalue weighted by Crippen LogP contribution is 2.19. The molecular formula is C36H28N4O8. The third-order valence-corrected chi connectivity index (χ3v) is 6.72. The molecule has 2 saturated heterocycles. The van der Waals surface area contributed by atoms with Gasteiger partial charge in [-0.2, -0.15) is 0 Å². The zero-order valence-corrected chi connectivity index (χ0v) is 25.2. The molecule has 0 atom stereocenters. The fourth-order valence-electron chi connectivity index (χ4n) is 4.42. The van der Waals surface area contributed by atoms with E-state index < -0.39 is 35.7 Å². The molecule has 2 aliphatic heterocycles. The van der Waals surface area contributed by atoms with E-state index in [1.54, 1.807) is 48.5 Å². The maximum Gasteiger partial charge on any atom is 0.328 e. The van der Waals surface area contributed by atoms with Crippen molar-refractivity contribution in [2.45, 2.75) is 13.2 Å². The lowest BCUT2D eigenvalue weighted by atomic mass is 10.1. The number of barbiturate groups is 2. The van der Waals surface area contributed by atoms with Crippen molar-refractivity contribution < 1.29 is 38.2 Å². The van der Waals surface area contributed by atoms with Crippen LogP contribution in [0.4, 0.5) is 9.59 Å². The van der Waals surface area contributed by atoms with Gasteiger partial charge in [-0.15, -0.1) is 0 Å². The molecule has 2 aliphatic rings. The van der Waals surface area contributed by atoms with E-state index in [9.17, 15) is 28.8 Å². The lowest BCUT2D eigenvalue weighted by Gasteiger charge is -2.14. The largest absolute Gasteiger partial charge is 0.489 e. The molecule has 6 rings (SSSR count). The maximum atomic E-state index is 11.7. The number of ether oxygens (including phenoxy) is 2. The van der Waals surface area contributed by atoms with Crippen LogP contribution >= 0.6 is 0 Å². The first-order valence-corrected chi connectivity index (χ1v) is 14.5. The Morgan fingerprint density at radius 1 is 0.438 bits per heavy atom. The van der Waals surface area contributed by atoms with E-state index in [0.717, 1.165) is 11.1 Å². The molecule has 4 aromatic rings. The van der Waals surface area contributed by atoms with Gasteiger partial charge >= 0.3 is 12.1 Å². The Hall–Kier alpha value is -6.82. The number of benzene rings is 4. The van der Waals surface area contributed by atoms with Crippen LogP contribution in [0.15, 0.2) is 120 Å². The number of urea groups is 2. The fraction of sp³-hybridized carbons (Fsp3) is 0.0556. The average Bonchev–Trinajstić information content (AvgIpc) is 3.08. The summed E-state index contributed by atoms with van der Waals surface area (Å²) in [6.45, 7) is 0.826. The quantitative estimate of drug-likeness (QED) is 0.165. The standard InChI is InChI=1S/2C18H14N2O4/c2*21-16-15(17(22)20-18(23)19-16)10-13-7-4-8-14(9-13)24-11-12-5-2-1-3-6-12/h2*1-10H,11H2,(H2,19,20,21,22,23). The van der Waals surface area contributed by atoms with Crippen molar-refractivity contribution in [2.24, 2.45) is 0 Å². The summed E-state index contributed by atoms with van der Waals surface area (Å²) >= 11 is 0. The molecule has 8 amide bonds. The molecule has 240 valence electrons. The summed E-state index contributed by atoms with van der Waals surface area (Å²) < 4.78 is 11.4. The molecule has 4 aromatic carbocycles. The number of amides is 8. The van der Waals surface area contributed by atoms with Crippen LogP contribution in [-0.2, 0) is 32.4 Å². The molecule has 0 bridgehead atoms. The van der Waals surface area contributed by atoms with Crippen LogP contribution in [0, 0.1) is 0 Å². The molecule has 0 radical (unpaired) electrons. The van der Waals surface area contributed by atoms with Crippen molar-refractivity contribution in [3.8, 4) is 11.5 Å². The highest BCUT2D eigenvalue weighted by Gasteiger charge is 2.28. The van der Waals surface area contributed by atoms with E-state index in [1.165, 1.54) is 12.2 Å². The zero-order valence-electron chi connectivity index (χ0n) is 25.2. The van der Waals surface area contributed by atoms with Crippen LogP contribution in [0.5, 0.6) is 11.5 Å². The van der Waals surface area contributed by atoms with Crippen LogP contribution in [0.1, 0.15) is 22.3 Å². The predicted octanol–water partition coefficient (Wildman–Crippen LogP) is 4.03. The number of hydrogen-bond donors (Lipinski definition) is 4. The Kier molecular flexibility index (Phi) is 10.5. The van der Waals surface area contributed by atoms with Crippen molar-refractivity contribution in [3.05, 3.63) is 143 Å². The first kappa shape index (κ1) is 32.6. The summed E-state index contributed by atoms with van der Waals surface area (Å²) in [5, 5.41) is 8.13. The second-order valence-corrected chi connectivity index (χ2v) is 10.3. The second-order valence-electron chi connectivity index (χ2n) is 10.3. The summed E-state index contributed by atoms with van der Waals surface area (Å²) in [7, 11) is 0. The van der Waals surface area contributed by atoms with Gasteiger partial charge in [0.25, 0.3) is 23.6 Å². The molecule has 4 N–H and O–H groups in total. The highest BCUT2D eigenvalue weighted by molar-refractivity contribution is 6.31.